The molecule has 0 radical (unpaired) electrons. The lowest BCUT2D eigenvalue weighted by Crippen LogP contribution is -2.29. The number of methoxy groups -OCH3 is 2. The number of esters is 1. The van der Waals surface area contributed by atoms with Crippen molar-refractivity contribution >= 4 is 11.8 Å². The zero-order valence-electron chi connectivity index (χ0n) is 14.4. The molecule has 0 saturated heterocycles. The third kappa shape index (κ3) is 3.03. The molecule has 1 aromatic heterocycles. The van der Waals surface area contributed by atoms with Crippen molar-refractivity contribution in [1.29, 1.82) is 0 Å². The molecular formula is C17H21N3O4. The quantitative estimate of drug-likeness (QED) is 0.860. The Balaban J connectivity index is 2.70. The molecule has 128 valence electrons. The van der Waals surface area contributed by atoms with Gasteiger partial charge in [0.15, 0.2) is 5.56 Å². The molecular weight excluding hydrogens is 310 g/mol. The molecule has 1 heterocycles. The van der Waals surface area contributed by atoms with E-state index in [0.717, 1.165) is 16.7 Å². The number of hydrogen-bond donors (Lipinski definition) is 1. The monoisotopic (exact) mass is 331 g/mol. The van der Waals surface area contributed by atoms with Gasteiger partial charge in [-0.05, 0) is 37.5 Å². The lowest BCUT2D eigenvalue weighted by Gasteiger charge is -2.17. The van der Waals surface area contributed by atoms with Crippen molar-refractivity contribution in [1.82, 2.24) is 9.55 Å². The molecule has 1 atom stereocenters. The van der Waals surface area contributed by atoms with Crippen molar-refractivity contribution < 1.29 is 14.3 Å². The van der Waals surface area contributed by atoms with Crippen molar-refractivity contribution in [2.75, 3.05) is 20.0 Å². The van der Waals surface area contributed by atoms with Crippen LogP contribution in [0.15, 0.2) is 23.3 Å². The van der Waals surface area contributed by atoms with Crippen LogP contribution in [0.1, 0.15) is 40.1 Å². The van der Waals surface area contributed by atoms with Gasteiger partial charge in [0.05, 0.1) is 18.9 Å². The zero-order chi connectivity index (χ0) is 18.0. The van der Waals surface area contributed by atoms with Crippen molar-refractivity contribution in [3.8, 4) is 5.69 Å². The van der Waals surface area contributed by atoms with Gasteiger partial charge in [-0.15, -0.1) is 0 Å². The van der Waals surface area contributed by atoms with E-state index >= 15 is 0 Å². The summed E-state index contributed by atoms with van der Waals surface area (Å²) in [5.41, 5.74) is 8.21. The van der Waals surface area contributed by atoms with Crippen LogP contribution in [0, 0.1) is 13.8 Å². The number of hydrogen-bond acceptors (Lipinski definition) is 6. The minimum atomic E-state index is -0.806. The highest BCUT2D eigenvalue weighted by molar-refractivity contribution is 5.93. The van der Waals surface area contributed by atoms with Crippen molar-refractivity contribution in [3.63, 3.8) is 0 Å². The van der Waals surface area contributed by atoms with E-state index in [1.165, 1.54) is 18.0 Å². The summed E-state index contributed by atoms with van der Waals surface area (Å²) >= 11 is 0. The summed E-state index contributed by atoms with van der Waals surface area (Å²) in [6.07, 6.45) is 1.25. The average Bonchev–Trinajstić information content (AvgIpc) is 2.55. The van der Waals surface area contributed by atoms with Crippen molar-refractivity contribution in [2.45, 2.75) is 26.9 Å². The molecule has 7 nitrogen and oxygen atoms in total. The lowest BCUT2D eigenvalue weighted by atomic mass is 10.0. The van der Waals surface area contributed by atoms with E-state index in [-0.39, 0.29) is 17.5 Å². The Kier molecular flexibility index (Phi) is 5.04. The van der Waals surface area contributed by atoms with E-state index in [4.69, 9.17) is 10.5 Å². The molecule has 2 N–H and O–H groups in total. The molecule has 0 aliphatic heterocycles. The summed E-state index contributed by atoms with van der Waals surface area (Å²) in [5, 5.41) is 0. The number of carbonyl (C=O) groups excluding carboxylic acids is 1. The number of aromatic nitrogens is 2. The van der Waals surface area contributed by atoms with Gasteiger partial charge in [0, 0.05) is 7.11 Å². The Hall–Kier alpha value is -2.67. The molecule has 0 amide bonds. The van der Waals surface area contributed by atoms with Crippen LogP contribution in [0.4, 0.5) is 5.82 Å². The van der Waals surface area contributed by atoms with Crippen LogP contribution in [0.3, 0.4) is 0 Å². The third-order valence-corrected chi connectivity index (χ3v) is 3.97. The normalized spacial score (nSPS) is 12.0. The molecule has 1 aromatic carbocycles. The van der Waals surface area contributed by atoms with Gasteiger partial charge >= 0.3 is 5.97 Å². The number of ether oxygens (including phenoxy) is 2. The minimum absolute atomic E-state index is 0.0663. The lowest BCUT2D eigenvalue weighted by molar-refractivity contribution is 0.0599. The smallest absolute Gasteiger partial charge is 0.347 e. The minimum Gasteiger partial charge on any atom is -0.465 e. The highest BCUT2D eigenvalue weighted by Crippen LogP contribution is 2.25. The van der Waals surface area contributed by atoms with Crippen LogP contribution < -0.4 is 11.3 Å². The van der Waals surface area contributed by atoms with E-state index < -0.39 is 11.5 Å². The van der Waals surface area contributed by atoms with Gasteiger partial charge in [-0.3, -0.25) is 9.36 Å². The number of aryl methyl sites for hydroxylation is 2. The number of benzene rings is 1. The molecule has 2 rings (SSSR count). The van der Waals surface area contributed by atoms with Crippen LogP contribution >= 0.6 is 0 Å². The second-order valence-electron chi connectivity index (χ2n) is 5.55. The summed E-state index contributed by atoms with van der Waals surface area (Å²) in [6, 6.07) is 3.88. The first-order chi connectivity index (χ1) is 11.3. The van der Waals surface area contributed by atoms with E-state index in [2.05, 4.69) is 9.72 Å². The Bertz CT molecular complexity index is 819. The van der Waals surface area contributed by atoms with Gasteiger partial charge in [0.25, 0.3) is 5.56 Å². The maximum absolute atomic E-state index is 12.7. The predicted molar refractivity (Wildman–Crippen MR) is 90.5 cm³/mol. The molecule has 2 aromatic rings. The summed E-state index contributed by atoms with van der Waals surface area (Å²) in [4.78, 5) is 28.5. The number of anilines is 1. The Labute approximate surface area is 140 Å². The fourth-order valence-electron chi connectivity index (χ4n) is 2.66. The summed E-state index contributed by atoms with van der Waals surface area (Å²) < 4.78 is 11.3. The topological polar surface area (TPSA) is 96.4 Å². The van der Waals surface area contributed by atoms with E-state index in [1.807, 2.05) is 32.9 Å². The molecule has 0 bridgehead atoms. The highest BCUT2D eigenvalue weighted by Gasteiger charge is 2.20. The first-order valence-corrected chi connectivity index (χ1v) is 7.41. The van der Waals surface area contributed by atoms with E-state index in [1.54, 1.807) is 7.11 Å². The number of carbonyl (C=O) groups is 1. The number of rotatable bonds is 4. The molecule has 1 unspecified atom stereocenters. The van der Waals surface area contributed by atoms with Crippen molar-refractivity contribution in [3.05, 3.63) is 51.1 Å². The molecule has 24 heavy (non-hydrogen) atoms. The van der Waals surface area contributed by atoms with Crippen molar-refractivity contribution in [2.24, 2.45) is 0 Å². The highest BCUT2D eigenvalue weighted by atomic mass is 16.5. The second-order valence-corrected chi connectivity index (χ2v) is 5.55. The molecule has 0 aliphatic carbocycles. The summed E-state index contributed by atoms with van der Waals surface area (Å²) in [7, 11) is 2.83. The summed E-state index contributed by atoms with van der Waals surface area (Å²) in [6.45, 7) is 5.71. The van der Waals surface area contributed by atoms with Gasteiger partial charge < -0.3 is 15.2 Å². The van der Waals surface area contributed by atoms with Crippen LogP contribution in [-0.4, -0.2) is 29.7 Å². The van der Waals surface area contributed by atoms with Gasteiger partial charge in [0.1, 0.15) is 12.1 Å². The molecule has 0 saturated carbocycles. The molecule has 0 fully saturated rings. The van der Waals surface area contributed by atoms with Crippen LogP contribution in [0.2, 0.25) is 0 Å². The van der Waals surface area contributed by atoms with Gasteiger partial charge in [-0.25, -0.2) is 9.78 Å². The zero-order valence-corrected chi connectivity index (χ0v) is 14.4. The van der Waals surface area contributed by atoms with Crippen LogP contribution in [0.25, 0.3) is 5.69 Å². The predicted octanol–water partition coefficient (Wildman–Crippen LogP) is 1.93. The van der Waals surface area contributed by atoms with Gasteiger partial charge in [0.2, 0.25) is 0 Å². The number of nitrogens with zero attached hydrogens (tertiary/aromatic N) is 2. The number of nitrogens with two attached hydrogens (primary N) is 1. The first-order valence-electron chi connectivity index (χ1n) is 7.41. The molecule has 0 aliphatic rings. The molecule has 0 spiro atoms. The van der Waals surface area contributed by atoms with Gasteiger partial charge in [-0.2, -0.15) is 0 Å². The average molecular weight is 331 g/mol. The van der Waals surface area contributed by atoms with E-state index in [0.29, 0.717) is 5.69 Å². The number of nitrogen functional groups attached to an aromatic ring is 1. The molecule has 7 heteroatoms. The largest absolute Gasteiger partial charge is 0.465 e. The first kappa shape index (κ1) is 17.7. The van der Waals surface area contributed by atoms with Crippen LogP contribution in [0.5, 0.6) is 0 Å². The Morgan fingerprint density at radius 1 is 1.25 bits per heavy atom. The third-order valence-electron chi connectivity index (χ3n) is 3.97. The maximum atomic E-state index is 12.7. The second kappa shape index (κ2) is 6.84. The Morgan fingerprint density at radius 2 is 1.83 bits per heavy atom. The summed E-state index contributed by atoms with van der Waals surface area (Å²) in [5.74, 6) is -0.956. The van der Waals surface area contributed by atoms with Gasteiger partial charge in [-0.1, -0.05) is 12.1 Å². The van der Waals surface area contributed by atoms with E-state index in [9.17, 15) is 9.59 Å². The maximum Gasteiger partial charge on any atom is 0.347 e. The SMILES string of the molecule is COC(=O)c1c(N)ncn(-c2c(C)cc(C(C)OC)cc2C)c1=O. The fourth-order valence-corrected chi connectivity index (χ4v) is 2.66. The Morgan fingerprint density at radius 3 is 2.33 bits per heavy atom. The fraction of sp³-hybridized carbons (Fsp3) is 0.353. The standard InChI is InChI=1S/C17H21N3O4/c1-9-6-12(11(3)23-4)7-10(2)14(9)20-8-19-15(18)13(16(20)21)17(22)24-5/h6-8,11H,18H2,1-5H3. The van der Waals surface area contributed by atoms with Crippen LogP contribution in [-0.2, 0) is 9.47 Å².